The van der Waals surface area contributed by atoms with Crippen molar-refractivity contribution in [3.05, 3.63) is 75.7 Å². The molecule has 0 spiro atoms. The van der Waals surface area contributed by atoms with Crippen LogP contribution in [0.5, 0.6) is 11.5 Å². The van der Waals surface area contributed by atoms with Crippen molar-refractivity contribution in [2.24, 2.45) is 0 Å². The molecular weight excluding hydrogens is 320 g/mol. The Morgan fingerprint density at radius 3 is 2.04 bits per heavy atom. The van der Waals surface area contributed by atoms with Crippen LogP contribution in [0.2, 0.25) is 0 Å². The minimum atomic E-state index is 0. The first-order valence-electron chi connectivity index (χ1n) is 7.46. The molecule has 0 amide bonds. The second-order valence-electron chi connectivity index (χ2n) is 5.29. The van der Waals surface area contributed by atoms with E-state index in [2.05, 4.69) is 29.6 Å². The molecule has 0 unspecified atom stereocenters. The van der Waals surface area contributed by atoms with Crippen molar-refractivity contribution in [3.8, 4) is 11.5 Å². The molecule has 3 aromatic rings. The molecule has 0 bridgehead atoms. The van der Waals surface area contributed by atoms with E-state index in [0.717, 1.165) is 35.0 Å². The van der Waals surface area contributed by atoms with Gasteiger partial charge in [-0.05, 0) is 35.4 Å². The molecule has 24 heavy (non-hydrogen) atoms. The highest BCUT2D eigenvalue weighted by molar-refractivity contribution is 7.09. The van der Waals surface area contributed by atoms with Gasteiger partial charge in [0, 0.05) is 18.2 Å². The van der Waals surface area contributed by atoms with Crippen molar-refractivity contribution in [1.82, 2.24) is 11.1 Å². The molecular formula is C19H22N2O2S. The van der Waals surface area contributed by atoms with E-state index in [1.165, 1.54) is 11.1 Å². The van der Waals surface area contributed by atoms with Gasteiger partial charge in [-0.15, -0.1) is 11.3 Å². The van der Waals surface area contributed by atoms with Crippen LogP contribution in [0.1, 0.15) is 21.8 Å². The Hall–Kier alpha value is -2.37. The molecule has 4 nitrogen and oxygen atoms in total. The van der Waals surface area contributed by atoms with Crippen molar-refractivity contribution in [1.29, 1.82) is 0 Å². The number of hydrogen-bond acceptors (Lipinski definition) is 5. The number of benzene rings is 2. The first-order valence-corrected chi connectivity index (χ1v) is 8.34. The fourth-order valence-electron chi connectivity index (χ4n) is 2.46. The number of rotatable bonds is 6. The van der Waals surface area contributed by atoms with Crippen LogP contribution in [0.15, 0.2) is 53.9 Å². The summed E-state index contributed by atoms with van der Waals surface area (Å²) in [5.41, 5.74) is 3.52. The van der Waals surface area contributed by atoms with Crippen LogP contribution < -0.4 is 15.6 Å². The second-order valence-corrected chi connectivity index (χ2v) is 6.23. The Kier molecular flexibility index (Phi) is 6.35. The largest absolute Gasteiger partial charge is 0.497 e. The number of aromatic nitrogens is 1. The SMILES string of the molecule is COc1cccc(Cc2csc(Cc3cccc(OC)c3)n2)c1.N. The van der Waals surface area contributed by atoms with E-state index >= 15 is 0 Å². The van der Waals surface area contributed by atoms with E-state index < -0.39 is 0 Å². The molecule has 0 aliphatic rings. The van der Waals surface area contributed by atoms with Gasteiger partial charge in [0.15, 0.2) is 0 Å². The maximum Gasteiger partial charge on any atom is 0.119 e. The van der Waals surface area contributed by atoms with Crippen molar-refractivity contribution >= 4 is 11.3 Å². The van der Waals surface area contributed by atoms with Gasteiger partial charge in [-0.3, -0.25) is 0 Å². The van der Waals surface area contributed by atoms with Gasteiger partial charge < -0.3 is 15.6 Å². The van der Waals surface area contributed by atoms with E-state index in [-0.39, 0.29) is 6.15 Å². The van der Waals surface area contributed by atoms with Gasteiger partial charge in [0.2, 0.25) is 0 Å². The highest BCUT2D eigenvalue weighted by Gasteiger charge is 2.06. The zero-order valence-corrected chi connectivity index (χ0v) is 14.8. The average Bonchev–Trinajstić information content (AvgIpc) is 3.02. The standard InChI is InChI=1S/C19H19NO2S.H3N/c1-21-17-7-3-5-14(10-17)9-16-13-23-19(20-16)12-15-6-4-8-18(11-15)22-2;/h3-8,10-11,13H,9,12H2,1-2H3;1H3. The van der Waals surface area contributed by atoms with Crippen molar-refractivity contribution < 1.29 is 9.47 Å². The van der Waals surface area contributed by atoms with E-state index in [0.29, 0.717) is 0 Å². The fourth-order valence-corrected chi connectivity index (χ4v) is 3.29. The highest BCUT2D eigenvalue weighted by atomic mass is 32.1. The van der Waals surface area contributed by atoms with Gasteiger partial charge in [-0.1, -0.05) is 24.3 Å². The van der Waals surface area contributed by atoms with Crippen LogP contribution in [-0.2, 0) is 12.8 Å². The van der Waals surface area contributed by atoms with Gasteiger partial charge in [-0.25, -0.2) is 4.98 Å². The van der Waals surface area contributed by atoms with Crippen LogP contribution in [0.3, 0.4) is 0 Å². The molecule has 0 aliphatic heterocycles. The Bertz CT molecular complexity index is 722. The highest BCUT2D eigenvalue weighted by Crippen LogP contribution is 2.21. The van der Waals surface area contributed by atoms with Crippen molar-refractivity contribution in [2.75, 3.05) is 14.2 Å². The van der Waals surface area contributed by atoms with E-state index in [1.807, 2.05) is 24.3 Å². The summed E-state index contributed by atoms with van der Waals surface area (Å²) in [5.74, 6) is 1.77. The normalized spacial score (nSPS) is 10.1. The monoisotopic (exact) mass is 342 g/mol. The smallest absolute Gasteiger partial charge is 0.119 e. The zero-order chi connectivity index (χ0) is 16.1. The van der Waals surface area contributed by atoms with E-state index in [1.54, 1.807) is 25.6 Å². The number of hydrogen-bond donors (Lipinski definition) is 1. The van der Waals surface area contributed by atoms with E-state index in [9.17, 15) is 0 Å². The fraction of sp³-hybridized carbons (Fsp3) is 0.211. The number of methoxy groups -OCH3 is 2. The lowest BCUT2D eigenvalue weighted by atomic mass is 10.1. The van der Waals surface area contributed by atoms with Gasteiger partial charge in [0.05, 0.1) is 24.9 Å². The predicted molar refractivity (Wildman–Crippen MR) is 98.7 cm³/mol. The second kappa shape index (κ2) is 8.47. The van der Waals surface area contributed by atoms with Gasteiger partial charge in [-0.2, -0.15) is 0 Å². The molecule has 0 saturated carbocycles. The van der Waals surface area contributed by atoms with Crippen LogP contribution in [0, 0.1) is 0 Å². The van der Waals surface area contributed by atoms with Crippen LogP contribution in [-0.4, -0.2) is 19.2 Å². The Labute approximate surface area is 146 Å². The Morgan fingerprint density at radius 2 is 1.46 bits per heavy atom. The van der Waals surface area contributed by atoms with E-state index in [4.69, 9.17) is 14.5 Å². The molecule has 0 radical (unpaired) electrons. The summed E-state index contributed by atoms with van der Waals surface area (Å²) in [7, 11) is 3.38. The lowest BCUT2D eigenvalue weighted by molar-refractivity contribution is 0.414. The summed E-state index contributed by atoms with van der Waals surface area (Å²) in [6.07, 6.45) is 1.66. The summed E-state index contributed by atoms with van der Waals surface area (Å²) < 4.78 is 10.5. The van der Waals surface area contributed by atoms with Gasteiger partial charge in [0.1, 0.15) is 11.5 Å². The third-order valence-corrected chi connectivity index (χ3v) is 4.51. The molecule has 3 N–H and O–H groups in total. The molecule has 2 aromatic carbocycles. The average molecular weight is 342 g/mol. The molecule has 126 valence electrons. The maximum atomic E-state index is 5.27. The summed E-state index contributed by atoms with van der Waals surface area (Å²) in [4.78, 5) is 4.75. The number of thiazole rings is 1. The number of nitrogens with zero attached hydrogens (tertiary/aromatic N) is 1. The van der Waals surface area contributed by atoms with Crippen molar-refractivity contribution in [3.63, 3.8) is 0 Å². The summed E-state index contributed by atoms with van der Waals surface area (Å²) in [5, 5.41) is 3.26. The zero-order valence-electron chi connectivity index (χ0n) is 14.0. The molecule has 0 aliphatic carbocycles. The maximum absolute atomic E-state index is 5.27. The minimum Gasteiger partial charge on any atom is -0.497 e. The lowest BCUT2D eigenvalue weighted by Crippen LogP contribution is -1.92. The summed E-state index contributed by atoms with van der Waals surface area (Å²) in [6.45, 7) is 0. The molecule has 5 heteroatoms. The topological polar surface area (TPSA) is 66.3 Å². The Balaban J connectivity index is 0.00000208. The first kappa shape index (κ1) is 18.0. The third-order valence-electron chi connectivity index (χ3n) is 3.61. The van der Waals surface area contributed by atoms with Crippen LogP contribution in [0.25, 0.3) is 0 Å². The molecule has 3 rings (SSSR count). The first-order chi connectivity index (χ1) is 11.3. The molecule has 0 fully saturated rings. The molecule has 0 atom stereocenters. The minimum absolute atomic E-state index is 0. The lowest BCUT2D eigenvalue weighted by Gasteiger charge is -2.03. The quantitative estimate of drug-likeness (QED) is 0.716. The molecule has 1 aromatic heterocycles. The van der Waals surface area contributed by atoms with Gasteiger partial charge >= 0.3 is 0 Å². The van der Waals surface area contributed by atoms with Crippen molar-refractivity contribution in [2.45, 2.75) is 12.8 Å². The van der Waals surface area contributed by atoms with Crippen LogP contribution in [0.4, 0.5) is 0 Å². The summed E-state index contributed by atoms with van der Waals surface area (Å²) in [6, 6.07) is 16.3. The molecule has 0 saturated heterocycles. The predicted octanol–water partition coefficient (Wildman–Crippen LogP) is 4.50. The van der Waals surface area contributed by atoms with Crippen LogP contribution >= 0.6 is 11.3 Å². The Morgan fingerprint density at radius 1 is 0.875 bits per heavy atom. The van der Waals surface area contributed by atoms with Gasteiger partial charge in [0.25, 0.3) is 0 Å². The number of ether oxygens (including phenoxy) is 2. The third kappa shape index (κ3) is 4.57. The summed E-state index contributed by atoms with van der Waals surface area (Å²) >= 11 is 1.70. The molecule has 1 heterocycles.